The largest absolute Gasteiger partial charge is 0.480 e. The van der Waals surface area contributed by atoms with Crippen molar-refractivity contribution in [2.75, 3.05) is 32.8 Å². The number of ether oxygens (including phenoxy) is 2. The number of rotatable bonds is 9. The summed E-state index contributed by atoms with van der Waals surface area (Å²) in [4.78, 5) is 28.1. The first-order chi connectivity index (χ1) is 15.6. The van der Waals surface area contributed by atoms with E-state index in [1.807, 2.05) is 43.9 Å². The SMILES string of the molecule is CC(=Cc1ccccc1)[C@@H]1C[C@H]1N(C(=O)OC(C)(C)C)C1CCN(CCOCC(=O)O)CC1. The van der Waals surface area contributed by atoms with Crippen LogP contribution < -0.4 is 0 Å². The summed E-state index contributed by atoms with van der Waals surface area (Å²) in [5.41, 5.74) is 1.95. The average Bonchev–Trinajstić information content (AvgIpc) is 3.52. The van der Waals surface area contributed by atoms with Crippen molar-refractivity contribution in [2.24, 2.45) is 5.92 Å². The van der Waals surface area contributed by atoms with Crippen molar-refractivity contribution in [3.05, 3.63) is 41.5 Å². The molecule has 1 saturated carbocycles. The van der Waals surface area contributed by atoms with Crippen LogP contribution in [0.2, 0.25) is 0 Å². The van der Waals surface area contributed by atoms with E-state index in [4.69, 9.17) is 14.6 Å². The number of hydrogen-bond acceptors (Lipinski definition) is 5. The van der Waals surface area contributed by atoms with Gasteiger partial charge in [-0.2, -0.15) is 0 Å². The molecule has 1 aliphatic heterocycles. The van der Waals surface area contributed by atoms with E-state index in [1.165, 1.54) is 11.1 Å². The molecule has 1 amide bonds. The molecule has 1 N–H and O–H groups in total. The summed E-state index contributed by atoms with van der Waals surface area (Å²) >= 11 is 0. The first-order valence-corrected chi connectivity index (χ1v) is 11.9. The van der Waals surface area contributed by atoms with Gasteiger partial charge in [0.15, 0.2) is 0 Å². The van der Waals surface area contributed by atoms with Crippen LogP contribution in [0.4, 0.5) is 4.79 Å². The maximum Gasteiger partial charge on any atom is 0.410 e. The van der Waals surface area contributed by atoms with Gasteiger partial charge in [-0.3, -0.25) is 0 Å². The van der Waals surface area contributed by atoms with Crippen molar-refractivity contribution in [1.82, 2.24) is 9.80 Å². The predicted octanol–water partition coefficient (Wildman–Crippen LogP) is 4.28. The summed E-state index contributed by atoms with van der Waals surface area (Å²) in [6.07, 6.45) is 4.73. The molecular weight excluding hydrogens is 420 g/mol. The zero-order valence-corrected chi connectivity index (χ0v) is 20.3. The Morgan fingerprint density at radius 3 is 2.45 bits per heavy atom. The minimum Gasteiger partial charge on any atom is -0.480 e. The molecule has 2 aliphatic rings. The second kappa shape index (κ2) is 11.2. The highest BCUT2D eigenvalue weighted by atomic mass is 16.6. The lowest BCUT2D eigenvalue weighted by Gasteiger charge is -2.39. The summed E-state index contributed by atoms with van der Waals surface area (Å²) in [6.45, 7) is 10.5. The van der Waals surface area contributed by atoms with Crippen molar-refractivity contribution in [3.63, 3.8) is 0 Å². The third kappa shape index (κ3) is 7.86. The Labute approximate surface area is 197 Å². The summed E-state index contributed by atoms with van der Waals surface area (Å²) in [5.74, 6) is -0.586. The quantitative estimate of drug-likeness (QED) is 0.557. The van der Waals surface area contributed by atoms with E-state index in [1.54, 1.807) is 0 Å². The van der Waals surface area contributed by atoms with Gasteiger partial charge < -0.3 is 24.4 Å². The third-order valence-electron chi connectivity index (χ3n) is 6.23. The number of benzene rings is 1. The lowest BCUT2D eigenvalue weighted by Crippen LogP contribution is -2.50. The number of aliphatic carboxylic acids is 1. The molecule has 0 aromatic heterocycles. The van der Waals surface area contributed by atoms with Crippen LogP contribution in [0.3, 0.4) is 0 Å². The number of amides is 1. The van der Waals surface area contributed by atoms with Crippen molar-refractivity contribution in [2.45, 2.75) is 64.6 Å². The fourth-order valence-electron chi connectivity index (χ4n) is 4.54. The second-order valence-corrected chi connectivity index (χ2v) is 10.1. The highest BCUT2D eigenvalue weighted by molar-refractivity contribution is 5.70. The molecule has 1 saturated heterocycles. The fraction of sp³-hybridized carbons (Fsp3) is 0.615. The molecule has 182 valence electrons. The van der Waals surface area contributed by atoms with Crippen molar-refractivity contribution in [3.8, 4) is 0 Å². The van der Waals surface area contributed by atoms with E-state index in [0.29, 0.717) is 19.1 Å². The van der Waals surface area contributed by atoms with Gasteiger partial charge >= 0.3 is 12.1 Å². The Kier molecular flexibility index (Phi) is 8.54. The molecule has 1 aliphatic carbocycles. The Balaban J connectivity index is 1.61. The van der Waals surface area contributed by atoms with Gasteiger partial charge in [0.25, 0.3) is 0 Å². The monoisotopic (exact) mass is 458 g/mol. The molecule has 2 fully saturated rings. The number of carboxylic acid groups (broad SMARTS) is 1. The molecule has 0 unspecified atom stereocenters. The van der Waals surface area contributed by atoms with Gasteiger partial charge in [-0.05, 0) is 52.5 Å². The number of piperidine rings is 1. The fourth-order valence-corrected chi connectivity index (χ4v) is 4.54. The third-order valence-corrected chi connectivity index (χ3v) is 6.23. The van der Waals surface area contributed by atoms with Crippen molar-refractivity contribution < 1.29 is 24.2 Å². The van der Waals surface area contributed by atoms with Crippen LogP contribution in [0.25, 0.3) is 6.08 Å². The highest BCUT2D eigenvalue weighted by Crippen LogP contribution is 2.44. The average molecular weight is 459 g/mol. The first kappa shape index (κ1) is 25.2. The number of likely N-dealkylation sites (tertiary alicyclic amines) is 1. The van der Waals surface area contributed by atoms with E-state index in [-0.39, 0.29) is 24.8 Å². The van der Waals surface area contributed by atoms with Crippen molar-refractivity contribution in [1.29, 1.82) is 0 Å². The topological polar surface area (TPSA) is 79.3 Å². The zero-order chi connectivity index (χ0) is 24.0. The molecule has 2 atom stereocenters. The maximum atomic E-state index is 13.2. The summed E-state index contributed by atoms with van der Waals surface area (Å²) < 4.78 is 11.0. The lowest BCUT2D eigenvalue weighted by molar-refractivity contribution is -0.142. The summed E-state index contributed by atoms with van der Waals surface area (Å²) in [7, 11) is 0. The van der Waals surface area contributed by atoms with Gasteiger partial charge in [0.1, 0.15) is 12.2 Å². The van der Waals surface area contributed by atoms with Gasteiger partial charge in [0.2, 0.25) is 0 Å². The van der Waals surface area contributed by atoms with Gasteiger partial charge in [0, 0.05) is 37.6 Å². The Morgan fingerprint density at radius 1 is 1.18 bits per heavy atom. The smallest absolute Gasteiger partial charge is 0.410 e. The first-order valence-electron chi connectivity index (χ1n) is 11.9. The zero-order valence-electron chi connectivity index (χ0n) is 20.3. The molecule has 33 heavy (non-hydrogen) atoms. The number of hydrogen-bond donors (Lipinski definition) is 1. The Bertz CT molecular complexity index is 825. The van der Waals surface area contributed by atoms with Crippen LogP contribution in [0.15, 0.2) is 35.9 Å². The van der Waals surface area contributed by atoms with Crippen LogP contribution in [-0.4, -0.2) is 77.5 Å². The predicted molar refractivity (Wildman–Crippen MR) is 128 cm³/mol. The van der Waals surface area contributed by atoms with E-state index < -0.39 is 11.6 Å². The number of carbonyl (C=O) groups excluding carboxylic acids is 1. The van der Waals surface area contributed by atoms with E-state index >= 15 is 0 Å². The molecular formula is C26H38N2O5. The van der Waals surface area contributed by atoms with Gasteiger partial charge in [-0.25, -0.2) is 9.59 Å². The van der Waals surface area contributed by atoms with Crippen LogP contribution in [-0.2, 0) is 14.3 Å². The molecule has 0 spiro atoms. The van der Waals surface area contributed by atoms with E-state index in [0.717, 1.165) is 32.4 Å². The molecule has 0 bridgehead atoms. The lowest BCUT2D eigenvalue weighted by atomic mass is 10.0. The molecule has 3 rings (SSSR count). The standard InChI is InChI=1S/C26H38N2O5/c1-19(16-20-8-6-5-7-9-20)22-17-23(22)28(25(31)33-26(2,3)4)21-10-12-27(13-11-21)14-15-32-18-24(29)30/h5-9,16,21-23H,10-15,17-18H2,1-4H3,(H,29,30)/t22-,23+/m0/s1. The Morgan fingerprint density at radius 2 is 1.85 bits per heavy atom. The number of carboxylic acids is 1. The van der Waals surface area contributed by atoms with Crippen LogP contribution in [0.5, 0.6) is 0 Å². The highest BCUT2D eigenvalue weighted by Gasteiger charge is 2.48. The van der Waals surface area contributed by atoms with Gasteiger partial charge in [-0.15, -0.1) is 0 Å². The number of nitrogens with zero attached hydrogens (tertiary/aromatic N) is 2. The van der Waals surface area contributed by atoms with Crippen LogP contribution >= 0.6 is 0 Å². The molecule has 1 aromatic carbocycles. The molecule has 7 nitrogen and oxygen atoms in total. The summed E-state index contributed by atoms with van der Waals surface area (Å²) in [6, 6.07) is 10.6. The minimum atomic E-state index is -0.947. The second-order valence-electron chi connectivity index (χ2n) is 10.1. The number of carbonyl (C=O) groups is 2. The van der Waals surface area contributed by atoms with E-state index in [2.05, 4.69) is 30.0 Å². The van der Waals surface area contributed by atoms with Gasteiger partial charge in [0.05, 0.1) is 6.61 Å². The normalized spacial score (nSPS) is 22.1. The Hall–Kier alpha value is -2.38. The summed E-state index contributed by atoms with van der Waals surface area (Å²) in [5, 5.41) is 8.69. The van der Waals surface area contributed by atoms with Gasteiger partial charge in [-0.1, -0.05) is 42.0 Å². The van der Waals surface area contributed by atoms with E-state index in [9.17, 15) is 9.59 Å². The molecule has 1 heterocycles. The minimum absolute atomic E-state index is 0.149. The molecule has 0 radical (unpaired) electrons. The molecule has 1 aromatic rings. The maximum absolute atomic E-state index is 13.2. The molecule has 7 heteroatoms. The van der Waals surface area contributed by atoms with Crippen LogP contribution in [0.1, 0.15) is 52.5 Å². The van der Waals surface area contributed by atoms with Crippen LogP contribution in [0, 0.1) is 5.92 Å². The van der Waals surface area contributed by atoms with Crippen molar-refractivity contribution >= 4 is 18.1 Å².